The van der Waals surface area contributed by atoms with Gasteiger partial charge in [-0.3, -0.25) is 0 Å². The normalized spacial score (nSPS) is 10.1. The van der Waals surface area contributed by atoms with Gasteiger partial charge < -0.3 is 14.2 Å². The minimum atomic E-state index is -0.831. The summed E-state index contributed by atoms with van der Waals surface area (Å²) >= 11 is 6.77. The maximum absolute atomic E-state index is 13.0. The van der Waals surface area contributed by atoms with Crippen LogP contribution in [0.5, 0.6) is 5.75 Å². The molecule has 8 heteroatoms. The Kier molecular flexibility index (Phi) is 7.55. The van der Waals surface area contributed by atoms with Crippen molar-refractivity contribution in [3.05, 3.63) is 67.9 Å². The Morgan fingerprint density at radius 3 is 2.19 bits per heavy atom. The molecule has 0 aliphatic heterocycles. The van der Waals surface area contributed by atoms with Crippen molar-refractivity contribution in [2.45, 2.75) is 6.61 Å². The number of ether oxygens (including phenoxy) is 3. The number of hydrogen-bond donors (Lipinski definition) is 0. The van der Waals surface area contributed by atoms with Crippen LogP contribution in [-0.2, 0) is 25.7 Å². The zero-order chi connectivity index (χ0) is 20.0. The minimum Gasteiger partial charge on any atom is -0.487 e. The van der Waals surface area contributed by atoms with Crippen LogP contribution in [0.1, 0.15) is 11.1 Å². The molecule has 0 aliphatic carbocycles. The molecule has 2 aromatic carbocycles. The summed E-state index contributed by atoms with van der Waals surface area (Å²) in [6, 6.07) is 9.31. The van der Waals surface area contributed by atoms with Gasteiger partial charge in [0, 0.05) is 10.0 Å². The molecule has 0 fully saturated rings. The van der Waals surface area contributed by atoms with Crippen LogP contribution in [0.25, 0.3) is 6.08 Å². The highest BCUT2D eigenvalue weighted by molar-refractivity contribution is 9.11. The molecule has 2 aromatic rings. The summed E-state index contributed by atoms with van der Waals surface area (Å²) in [5, 5.41) is 0. The Morgan fingerprint density at radius 2 is 1.63 bits per heavy atom. The molecule has 2 rings (SSSR count). The zero-order valence-electron chi connectivity index (χ0n) is 14.4. The van der Waals surface area contributed by atoms with Gasteiger partial charge in [-0.25, -0.2) is 14.0 Å². The smallest absolute Gasteiger partial charge is 0.345 e. The van der Waals surface area contributed by atoms with Gasteiger partial charge in [0.25, 0.3) is 0 Å². The molecular weight excluding hydrogens is 487 g/mol. The van der Waals surface area contributed by atoms with Crippen molar-refractivity contribution in [3.63, 3.8) is 0 Å². The third kappa shape index (κ3) is 5.64. The number of esters is 2. The lowest BCUT2D eigenvalue weighted by Crippen LogP contribution is -2.15. The standard InChI is InChI=1S/C19H15Br2FO5/c1-25-18(23)15(19(24)26-2)8-12-7-13(20)9-16(21)17(12)27-10-11-3-5-14(22)6-4-11/h3-9H,10H2,1-2H3. The Balaban J connectivity index is 2.42. The molecule has 0 saturated carbocycles. The van der Waals surface area contributed by atoms with Crippen LogP contribution in [-0.4, -0.2) is 26.2 Å². The highest BCUT2D eigenvalue weighted by atomic mass is 79.9. The SMILES string of the molecule is COC(=O)C(=Cc1cc(Br)cc(Br)c1OCc1ccc(F)cc1)C(=O)OC. The van der Waals surface area contributed by atoms with E-state index in [4.69, 9.17) is 4.74 Å². The van der Waals surface area contributed by atoms with Crippen LogP contribution in [0, 0.1) is 5.82 Å². The van der Waals surface area contributed by atoms with Gasteiger partial charge in [-0.05, 0) is 51.8 Å². The van der Waals surface area contributed by atoms with Gasteiger partial charge in [-0.2, -0.15) is 0 Å². The monoisotopic (exact) mass is 500 g/mol. The van der Waals surface area contributed by atoms with Gasteiger partial charge in [0.05, 0.1) is 18.7 Å². The molecule has 0 unspecified atom stereocenters. The van der Waals surface area contributed by atoms with Crippen molar-refractivity contribution in [2.75, 3.05) is 14.2 Å². The first kappa shape index (κ1) is 21.1. The molecule has 0 heterocycles. The van der Waals surface area contributed by atoms with E-state index >= 15 is 0 Å². The first-order valence-corrected chi connectivity index (χ1v) is 9.19. The van der Waals surface area contributed by atoms with Crippen LogP contribution >= 0.6 is 31.9 Å². The van der Waals surface area contributed by atoms with Gasteiger partial charge in [-0.15, -0.1) is 0 Å². The van der Waals surface area contributed by atoms with E-state index in [-0.39, 0.29) is 18.0 Å². The van der Waals surface area contributed by atoms with E-state index in [0.717, 1.165) is 5.56 Å². The molecule has 0 aliphatic rings. The van der Waals surface area contributed by atoms with E-state index in [1.807, 2.05) is 0 Å². The Bertz CT molecular complexity index is 860. The summed E-state index contributed by atoms with van der Waals surface area (Å²) < 4.78 is 29.4. The van der Waals surface area contributed by atoms with Crippen LogP contribution in [0.2, 0.25) is 0 Å². The van der Waals surface area contributed by atoms with Crippen molar-refractivity contribution in [3.8, 4) is 5.75 Å². The Hall–Kier alpha value is -2.19. The van der Waals surface area contributed by atoms with Crippen LogP contribution in [0.3, 0.4) is 0 Å². The first-order chi connectivity index (χ1) is 12.8. The second-order valence-corrected chi connectivity index (χ2v) is 7.03. The largest absolute Gasteiger partial charge is 0.487 e. The highest BCUT2D eigenvalue weighted by Crippen LogP contribution is 2.35. The van der Waals surface area contributed by atoms with E-state index in [2.05, 4.69) is 41.3 Å². The minimum absolute atomic E-state index is 0.160. The maximum Gasteiger partial charge on any atom is 0.345 e. The maximum atomic E-state index is 13.0. The summed E-state index contributed by atoms with van der Waals surface area (Å²) in [6.45, 7) is 0.160. The summed E-state index contributed by atoms with van der Waals surface area (Å²) in [5.74, 6) is -1.61. The van der Waals surface area contributed by atoms with Crippen LogP contribution in [0.4, 0.5) is 4.39 Å². The molecule has 0 bridgehead atoms. The van der Waals surface area contributed by atoms with Crippen molar-refractivity contribution in [1.82, 2.24) is 0 Å². The molecule has 27 heavy (non-hydrogen) atoms. The summed E-state index contributed by atoms with van der Waals surface area (Å²) in [6.07, 6.45) is 1.33. The number of rotatable bonds is 6. The molecule has 0 N–H and O–H groups in total. The van der Waals surface area contributed by atoms with Gasteiger partial charge >= 0.3 is 11.9 Å². The number of halogens is 3. The van der Waals surface area contributed by atoms with E-state index in [1.165, 1.54) is 32.4 Å². The number of benzene rings is 2. The lowest BCUT2D eigenvalue weighted by atomic mass is 10.1. The average Bonchev–Trinajstić information content (AvgIpc) is 2.65. The van der Waals surface area contributed by atoms with Crippen LogP contribution < -0.4 is 4.74 Å². The lowest BCUT2D eigenvalue weighted by molar-refractivity contribution is -0.143. The van der Waals surface area contributed by atoms with Crippen LogP contribution in [0.15, 0.2) is 50.9 Å². The van der Waals surface area contributed by atoms with Gasteiger partial charge in [0.15, 0.2) is 0 Å². The Labute approximate surface area is 172 Å². The molecule has 0 radical (unpaired) electrons. The molecule has 0 atom stereocenters. The fourth-order valence-corrected chi connectivity index (χ4v) is 3.53. The molecule has 0 spiro atoms. The van der Waals surface area contributed by atoms with Gasteiger partial charge in [-0.1, -0.05) is 28.1 Å². The molecule has 0 aromatic heterocycles. The lowest BCUT2D eigenvalue weighted by Gasteiger charge is -2.13. The number of carbonyl (C=O) groups is 2. The topological polar surface area (TPSA) is 61.8 Å². The molecule has 0 saturated heterocycles. The predicted octanol–water partition coefficient (Wildman–Crippen LogP) is 4.66. The van der Waals surface area contributed by atoms with Gasteiger partial charge in [0.1, 0.15) is 23.7 Å². The first-order valence-electron chi connectivity index (χ1n) is 7.60. The van der Waals surface area contributed by atoms with E-state index in [9.17, 15) is 14.0 Å². The van der Waals surface area contributed by atoms with Crippen molar-refractivity contribution >= 4 is 49.9 Å². The Morgan fingerprint density at radius 1 is 1.04 bits per heavy atom. The average molecular weight is 502 g/mol. The number of methoxy groups -OCH3 is 2. The molecular formula is C19H15Br2FO5. The quantitative estimate of drug-likeness (QED) is 0.249. The number of carbonyl (C=O) groups excluding carboxylic acids is 2. The van der Waals surface area contributed by atoms with Crippen molar-refractivity contribution in [2.24, 2.45) is 0 Å². The van der Waals surface area contributed by atoms with Crippen molar-refractivity contribution in [1.29, 1.82) is 0 Å². The molecule has 142 valence electrons. The molecule has 0 amide bonds. The predicted molar refractivity (Wildman–Crippen MR) is 105 cm³/mol. The summed E-state index contributed by atoms with van der Waals surface area (Å²) in [7, 11) is 2.34. The summed E-state index contributed by atoms with van der Waals surface area (Å²) in [4.78, 5) is 23.8. The fraction of sp³-hybridized carbons (Fsp3) is 0.158. The second kappa shape index (κ2) is 9.66. The van der Waals surface area contributed by atoms with E-state index in [1.54, 1.807) is 24.3 Å². The fourth-order valence-electron chi connectivity index (χ4n) is 2.15. The number of hydrogen-bond acceptors (Lipinski definition) is 5. The van der Waals surface area contributed by atoms with Crippen molar-refractivity contribution < 1.29 is 28.2 Å². The van der Waals surface area contributed by atoms with E-state index in [0.29, 0.717) is 20.3 Å². The zero-order valence-corrected chi connectivity index (χ0v) is 17.6. The highest BCUT2D eigenvalue weighted by Gasteiger charge is 2.21. The van der Waals surface area contributed by atoms with Gasteiger partial charge in [0.2, 0.25) is 0 Å². The summed E-state index contributed by atoms with van der Waals surface area (Å²) in [5.41, 5.74) is 0.920. The third-order valence-electron chi connectivity index (χ3n) is 3.44. The second-order valence-electron chi connectivity index (χ2n) is 5.26. The third-order valence-corrected chi connectivity index (χ3v) is 4.49. The van der Waals surface area contributed by atoms with E-state index < -0.39 is 11.9 Å². The molecule has 5 nitrogen and oxygen atoms in total.